The van der Waals surface area contributed by atoms with Crippen molar-refractivity contribution in [3.8, 4) is 5.75 Å². The number of hydrogen-bond donors (Lipinski definition) is 1. The molecule has 0 aliphatic heterocycles. The summed E-state index contributed by atoms with van der Waals surface area (Å²) in [7, 11) is 1.69. The van der Waals surface area contributed by atoms with E-state index in [1.54, 1.807) is 7.11 Å². The number of anilines is 1. The molecule has 0 radical (unpaired) electrons. The number of hydrogen-bond acceptors (Lipinski definition) is 2. The first kappa shape index (κ1) is 10.3. The van der Waals surface area contributed by atoms with E-state index in [-0.39, 0.29) is 0 Å². The molecule has 1 fully saturated rings. The molecule has 1 aliphatic rings. The van der Waals surface area contributed by atoms with Gasteiger partial charge in [0.1, 0.15) is 5.75 Å². The summed E-state index contributed by atoms with van der Waals surface area (Å²) < 4.78 is 5.12. The first-order chi connectivity index (χ1) is 7.09. The van der Waals surface area contributed by atoms with Crippen molar-refractivity contribution in [1.29, 1.82) is 0 Å². The van der Waals surface area contributed by atoms with Gasteiger partial charge < -0.3 is 10.1 Å². The summed E-state index contributed by atoms with van der Waals surface area (Å²) in [5, 5.41) is 3.53. The molecule has 1 aliphatic carbocycles. The van der Waals surface area contributed by atoms with Crippen LogP contribution in [-0.2, 0) is 0 Å². The van der Waals surface area contributed by atoms with Crippen molar-refractivity contribution >= 4 is 5.69 Å². The number of benzene rings is 1. The molecule has 1 N–H and O–H groups in total. The SMILES string of the molecule is COc1ccc(NC2CC(C)(C)C2)cc1. The van der Waals surface area contributed by atoms with Crippen molar-refractivity contribution < 1.29 is 4.74 Å². The molecular formula is C13H19NO. The largest absolute Gasteiger partial charge is 0.497 e. The van der Waals surface area contributed by atoms with Crippen molar-refractivity contribution in [2.24, 2.45) is 5.41 Å². The van der Waals surface area contributed by atoms with Crippen LogP contribution in [0.1, 0.15) is 26.7 Å². The van der Waals surface area contributed by atoms with Crippen molar-refractivity contribution in [1.82, 2.24) is 0 Å². The van der Waals surface area contributed by atoms with Crippen molar-refractivity contribution in [2.75, 3.05) is 12.4 Å². The molecular weight excluding hydrogens is 186 g/mol. The van der Waals surface area contributed by atoms with Crippen molar-refractivity contribution in [3.05, 3.63) is 24.3 Å². The van der Waals surface area contributed by atoms with Gasteiger partial charge in [-0.05, 0) is 42.5 Å². The highest BCUT2D eigenvalue weighted by atomic mass is 16.5. The Morgan fingerprint density at radius 1 is 1.20 bits per heavy atom. The predicted molar refractivity (Wildman–Crippen MR) is 63.4 cm³/mol. The molecule has 1 saturated carbocycles. The molecule has 0 unspecified atom stereocenters. The van der Waals surface area contributed by atoms with Crippen molar-refractivity contribution in [3.63, 3.8) is 0 Å². The highest BCUT2D eigenvalue weighted by Gasteiger charge is 2.35. The third-order valence-corrected chi connectivity index (χ3v) is 3.06. The maximum atomic E-state index is 5.12. The Labute approximate surface area is 91.6 Å². The molecule has 2 nitrogen and oxygen atoms in total. The van der Waals surface area contributed by atoms with Crippen LogP contribution < -0.4 is 10.1 Å². The third-order valence-electron chi connectivity index (χ3n) is 3.06. The van der Waals surface area contributed by atoms with Crippen LogP contribution in [0, 0.1) is 5.41 Å². The number of rotatable bonds is 3. The van der Waals surface area contributed by atoms with Crippen LogP contribution in [0.3, 0.4) is 0 Å². The Morgan fingerprint density at radius 2 is 1.80 bits per heavy atom. The zero-order valence-electron chi connectivity index (χ0n) is 9.71. The molecule has 0 heterocycles. The van der Waals surface area contributed by atoms with Crippen LogP contribution in [0.4, 0.5) is 5.69 Å². The second-order valence-corrected chi connectivity index (χ2v) is 5.14. The maximum Gasteiger partial charge on any atom is 0.119 e. The Hall–Kier alpha value is -1.18. The van der Waals surface area contributed by atoms with Crippen LogP contribution in [0.5, 0.6) is 5.75 Å². The normalized spacial score (nSPS) is 19.4. The summed E-state index contributed by atoms with van der Waals surface area (Å²) >= 11 is 0. The zero-order chi connectivity index (χ0) is 10.9. The number of methoxy groups -OCH3 is 1. The van der Waals surface area contributed by atoms with Gasteiger partial charge in [-0.15, -0.1) is 0 Å². The molecule has 0 amide bonds. The molecule has 2 rings (SSSR count). The second kappa shape index (κ2) is 3.76. The van der Waals surface area contributed by atoms with Gasteiger partial charge in [0.15, 0.2) is 0 Å². The standard InChI is InChI=1S/C13H19NO/c1-13(2)8-11(9-13)14-10-4-6-12(15-3)7-5-10/h4-7,11,14H,8-9H2,1-3H3. The van der Waals surface area contributed by atoms with Gasteiger partial charge in [0.05, 0.1) is 7.11 Å². The smallest absolute Gasteiger partial charge is 0.119 e. The summed E-state index contributed by atoms with van der Waals surface area (Å²) in [5.74, 6) is 0.912. The lowest BCUT2D eigenvalue weighted by molar-refractivity contribution is 0.167. The summed E-state index contributed by atoms with van der Waals surface area (Å²) in [6.07, 6.45) is 2.53. The van der Waals surface area contributed by atoms with Gasteiger partial charge in [-0.2, -0.15) is 0 Å². The fourth-order valence-electron chi connectivity index (χ4n) is 2.30. The van der Waals surface area contributed by atoms with E-state index in [1.165, 1.54) is 18.5 Å². The minimum absolute atomic E-state index is 0.532. The van der Waals surface area contributed by atoms with E-state index < -0.39 is 0 Å². The molecule has 0 atom stereocenters. The Morgan fingerprint density at radius 3 is 2.27 bits per heavy atom. The molecule has 0 spiro atoms. The summed E-state index contributed by atoms with van der Waals surface area (Å²) in [6, 6.07) is 8.78. The summed E-state index contributed by atoms with van der Waals surface area (Å²) in [6.45, 7) is 4.64. The molecule has 0 saturated heterocycles. The van der Waals surface area contributed by atoms with Gasteiger partial charge >= 0.3 is 0 Å². The van der Waals surface area contributed by atoms with Gasteiger partial charge in [0.25, 0.3) is 0 Å². The molecule has 0 aromatic heterocycles. The van der Waals surface area contributed by atoms with Gasteiger partial charge in [-0.3, -0.25) is 0 Å². The zero-order valence-corrected chi connectivity index (χ0v) is 9.71. The Bertz CT molecular complexity index is 321. The summed E-state index contributed by atoms with van der Waals surface area (Å²) in [5.41, 5.74) is 1.72. The van der Waals surface area contributed by atoms with E-state index in [0.717, 1.165) is 5.75 Å². The van der Waals surface area contributed by atoms with Crippen LogP contribution in [-0.4, -0.2) is 13.2 Å². The van der Waals surface area contributed by atoms with E-state index in [4.69, 9.17) is 4.74 Å². The van der Waals surface area contributed by atoms with Crippen LogP contribution in [0.15, 0.2) is 24.3 Å². The second-order valence-electron chi connectivity index (χ2n) is 5.14. The van der Waals surface area contributed by atoms with E-state index >= 15 is 0 Å². The lowest BCUT2D eigenvalue weighted by Gasteiger charge is -2.43. The molecule has 15 heavy (non-hydrogen) atoms. The monoisotopic (exact) mass is 205 g/mol. The molecule has 2 heteroatoms. The van der Waals surface area contributed by atoms with Crippen LogP contribution in [0.25, 0.3) is 0 Å². The van der Waals surface area contributed by atoms with E-state index in [2.05, 4.69) is 31.3 Å². The fourth-order valence-corrected chi connectivity index (χ4v) is 2.30. The van der Waals surface area contributed by atoms with E-state index in [0.29, 0.717) is 11.5 Å². The highest BCUT2D eigenvalue weighted by Crippen LogP contribution is 2.41. The number of nitrogens with one attached hydrogen (secondary N) is 1. The van der Waals surface area contributed by atoms with Gasteiger partial charge in [-0.25, -0.2) is 0 Å². The average Bonchev–Trinajstić information content (AvgIpc) is 2.16. The topological polar surface area (TPSA) is 21.3 Å². The van der Waals surface area contributed by atoms with E-state index in [9.17, 15) is 0 Å². The quantitative estimate of drug-likeness (QED) is 0.817. The fraction of sp³-hybridized carbons (Fsp3) is 0.538. The number of ether oxygens (including phenoxy) is 1. The molecule has 1 aromatic rings. The minimum Gasteiger partial charge on any atom is -0.497 e. The van der Waals surface area contributed by atoms with E-state index in [1.807, 2.05) is 12.1 Å². The first-order valence-electron chi connectivity index (χ1n) is 5.50. The Balaban J connectivity index is 1.89. The highest BCUT2D eigenvalue weighted by molar-refractivity contribution is 5.47. The predicted octanol–water partition coefficient (Wildman–Crippen LogP) is 3.30. The minimum atomic E-state index is 0.532. The van der Waals surface area contributed by atoms with Gasteiger partial charge in [-0.1, -0.05) is 13.8 Å². The van der Waals surface area contributed by atoms with Crippen LogP contribution >= 0.6 is 0 Å². The molecule has 82 valence electrons. The average molecular weight is 205 g/mol. The lowest BCUT2D eigenvalue weighted by Crippen LogP contribution is -2.41. The lowest BCUT2D eigenvalue weighted by atomic mass is 9.68. The maximum absolute atomic E-state index is 5.12. The summed E-state index contributed by atoms with van der Waals surface area (Å²) in [4.78, 5) is 0. The van der Waals surface area contributed by atoms with Gasteiger partial charge in [0.2, 0.25) is 0 Å². The first-order valence-corrected chi connectivity index (χ1v) is 5.50. The Kier molecular flexibility index (Phi) is 2.59. The van der Waals surface area contributed by atoms with Gasteiger partial charge in [0, 0.05) is 11.7 Å². The molecule has 1 aromatic carbocycles. The van der Waals surface area contributed by atoms with Crippen LogP contribution in [0.2, 0.25) is 0 Å². The third kappa shape index (κ3) is 2.44. The van der Waals surface area contributed by atoms with Crippen molar-refractivity contribution in [2.45, 2.75) is 32.7 Å². The molecule has 0 bridgehead atoms.